The Hall–Kier alpha value is -2.50. The zero-order valence-electron chi connectivity index (χ0n) is 13.4. The van der Waals surface area contributed by atoms with Crippen LogP contribution in [0.4, 0.5) is 0 Å². The first-order valence-electron chi connectivity index (χ1n) is 7.70. The average molecular weight is 318 g/mol. The van der Waals surface area contributed by atoms with Gasteiger partial charge in [0.2, 0.25) is 5.91 Å². The maximum atomic E-state index is 12.1. The van der Waals surface area contributed by atoms with Gasteiger partial charge in [0, 0.05) is 12.0 Å². The van der Waals surface area contributed by atoms with E-state index in [1.165, 1.54) is 7.11 Å². The largest absolute Gasteiger partial charge is 0.493 e. The van der Waals surface area contributed by atoms with Gasteiger partial charge < -0.3 is 9.47 Å². The Morgan fingerprint density at radius 2 is 2.09 bits per heavy atom. The van der Waals surface area contributed by atoms with Gasteiger partial charge in [0.25, 0.3) is 5.91 Å². The summed E-state index contributed by atoms with van der Waals surface area (Å²) in [5, 5.41) is 0. The Morgan fingerprint density at radius 1 is 1.26 bits per heavy atom. The van der Waals surface area contributed by atoms with Crippen molar-refractivity contribution in [2.24, 2.45) is 5.92 Å². The van der Waals surface area contributed by atoms with Crippen LogP contribution in [0.2, 0.25) is 0 Å². The highest BCUT2D eigenvalue weighted by Gasteiger charge is 2.15. The number of benzene rings is 1. The van der Waals surface area contributed by atoms with Crippen LogP contribution < -0.4 is 20.3 Å². The molecule has 2 N–H and O–H groups in total. The Kier molecular flexibility index (Phi) is 6.02. The van der Waals surface area contributed by atoms with Crippen LogP contribution in [0.1, 0.15) is 36.5 Å². The topological polar surface area (TPSA) is 76.7 Å². The molecule has 2 amide bonds. The van der Waals surface area contributed by atoms with E-state index in [1.807, 2.05) is 13.0 Å². The van der Waals surface area contributed by atoms with E-state index in [4.69, 9.17) is 9.47 Å². The summed E-state index contributed by atoms with van der Waals surface area (Å²) >= 11 is 0. The van der Waals surface area contributed by atoms with E-state index in [-0.39, 0.29) is 11.8 Å². The number of allylic oxidation sites excluding steroid dienone is 2. The molecule has 0 bridgehead atoms. The van der Waals surface area contributed by atoms with Crippen LogP contribution >= 0.6 is 0 Å². The second kappa shape index (κ2) is 8.22. The van der Waals surface area contributed by atoms with Gasteiger partial charge in [-0.2, -0.15) is 0 Å². The molecule has 2 rings (SSSR count). The first-order valence-corrected chi connectivity index (χ1v) is 7.70. The number of hydrogen-bond acceptors (Lipinski definition) is 4. The molecule has 0 heterocycles. The highest BCUT2D eigenvalue weighted by atomic mass is 16.5. The Labute approximate surface area is 135 Å². The molecular formula is C17H22N2O4. The van der Waals surface area contributed by atoms with Crippen LogP contribution in [0, 0.1) is 5.92 Å². The normalized spacial score (nSPS) is 16.0. The highest BCUT2D eigenvalue weighted by Crippen LogP contribution is 2.27. The van der Waals surface area contributed by atoms with E-state index >= 15 is 0 Å². The molecule has 0 saturated carbocycles. The number of hydrazine groups is 1. The van der Waals surface area contributed by atoms with Gasteiger partial charge in [0.05, 0.1) is 13.7 Å². The number of rotatable bonds is 6. The number of carbonyl (C=O) groups is 2. The Balaban J connectivity index is 1.89. The fraction of sp³-hybridized carbons (Fsp3) is 0.412. The minimum atomic E-state index is -0.401. The van der Waals surface area contributed by atoms with Crippen LogP contribution in [0.15, 0.2) is 30.4 Å². The van der Waals surface area contributed by atoms with Crippen LogP contribution in [-0.4, -0.2) is 25.5 Å². The van der Waals surface area contributed by atoms with E-state index < -0.39 is 5.91 Å². The van der Waals surface area contributed by atoms with Crippen LogP contribution in [0.5, 0.6) is 11.5 Å². The maximum Gasteiger partial charge on any atom is 0.269 e. The van der Waals surface area contributed by atoms with Gasteiger partial charge in [-0.1, -0.05) is 12.2 Å². The minimum Gasteiger partial charge on any atom is -0.493 e. The van der Waals surface area contributed by atoms with Crippen molar-refractivity contribution in [3.8, 4) is 11.5 Å². The van der Waals surface area contributed by atoms with E-state index in [1.54, 1.807) is 18.2 Å². The highest BCUT2D eigenvalue weighted by molar-refractivity contribution is 5.96. The SMILES string of the molecule is CCOc1ccc(C(=O)NNC(=O)C[C@H]2C=CCC2)cc1OC. The van der Waals surface area contributed by atoms with Crippen molar-refractivity contribution in [1.29, 1.82) is 0 Å². The average Bonchev–Trinajstić information content (AvgIpc) is 3.06. The molecule has 1 aliphatic carbocycles. The molecule has 1 aromatic rings. The predicted molar refractivity (Wildman–Crippen MR) is 86.3 cm³/mol. The van der Waals surface area contributed by atoms with Crippen LogP contribution in [-0.2, 0) is 4.79 Å². The predicted octanol–water partition coefficient (Wildman–Crippen LogP) is 2.21. The summed E-state index contributed by atoms with van der Waals surface area (Å²) in [6.45, 7) is 2.38. The van der Waals surface area contributed by atoms with Crippen molar-refractivity contribution in [2.75, 3.05) is 13.7 Å². The van der Waals surface area contributed by atoms with Gasteiger partial charge in [0.15, 0.2) is 11.5 Å². The lowest BCUT2D eigenvalue weighted by molar-refractivity contribution is -0.122. The van der Waals surface area contributed by atoms with Gasteiger partial charge in [-0.15, -0.1) is 0 Å². The molecule has 0 spiro atoms. The van der Waals surface area contributed by atoms with Gasteiger partial charge in [-0.25, -0.2) is 0 Å². The van der Waals surface area contributed by atoms with Crippen molar-refractivity contribution >= 4 is 11.8 Å². The quantitative estimate of drug-likeness (QED) is 0.623. The first-order chi connectivity index (χ1) is 11.1. The molecule has 0 unspecified atom stereocenters. The first kappa shape index (κ1) is 16.9. The molecule has 6 heteroatoms. The molecule has 0 aromatic heterocycles. The van der Waals surface area contributed by atoms with Gasteiger partial charge in [0.1, 0.15) is 0 Å². The molecule has 0 fully saturated rings. The number of amides is 2. The standard InChI is InChI=1S/C17H22N2O4/c1-3-23-14-9-8-13(11-15(14)22-2)17(21)19-18-16(20)10-12-6-4-5-7-12/h4,6,8-9,11-12H,3,5,7,10H2,1-2H3,(H,18,20)(H,19,21)/t12-/m0/s1. The summed E-state index contributed by atoms with van der Waals surface area (Å²) in [4.78, 5) is 23.9. The summed E-state index contributed by atoms with van der Waals surface area (Å²) in [6.07, 6.45) is 6.48. The molecular weight excluding hydrogens is 296 g/mol. The summed E-state index contributed by atoms with van der Waals surface area (Å²) in [5.74, 6) is 0.706. The lowest BCUT2D eigenvalue weighted by Gasteiger charge is -2.12. The third kappa shape index (κ3) is 4.74. The van der Waals surface area contributed by atoms with E-state index in [0.717, 1.165) is 12.8 Å². The van der Waals surface area contributed by atoms with Crippen molar-refractivity contribution < 1.29 is 19.1 Å². The molecule has 1 aromatic carbocycles. The molecule has 0 saturated heterocycles. The Morgan fingerprint density at radius 3 is 2.74 bits per heavy atom. The molecule has 0 aliphatic heterocycles. The number of hydrogen-bond donors (Lipinski definition) is 2. The second-order valence-corrected chi connectivity index (χ2v) is 5.27. The molecule has 23 heavy (non-hydrogen) atoms. The number of nitrogens with one attached hydrogen (secondary N) is 2. The van der Waals surface area contributed by atoms with Crippen molar-refractivity contribution in [2.45, 2.75) is 26.2 Å². The third-order valence-corrected chi connectivity index (χ3v) is 3.60. The van der Waals surface area contributed by atoms with Gasteiger partial charge in [-0.05, 0) is 43.9 Å². The van der Waals surface area contributed by atoms with Crippen molar-refractivity contribution in [3.05, 3.63) is 35.9 Å². The summed E-state index contributed by atoms with van der Waals surface area (Å²) in [5.41, 5.74) is 5.24. The van der Waals surface area contributed by atoms with Crippen LogP contribution in [0.25, 0.3) is 0 Å². The number of ether oxygens (including phenoxy) is 2. The van der Waals surface area contributed by atoms with Gasteiger partial charge >= 0.3 is 0 Å². The second-order valence-electron chi connectivity index (χ2n) is 5.27. The monoisotopic (exact) mass is 318 g/mol. The molecule has 1 aliphatic rings. The lowest BCUT2D eigenvalue weighted by Crippen LogP contribution is -2.42. The zero-order valence-corrected chi connectivity index (χ0v) is 13.4. The number of methoxy groups -OCH3 is 1. The van der Waals surface area contributed by atoms with Crippen molar-refractivity contribution in [1.82, 2.24) is 10.9 Å². The van der Waals surface area contributed by atoms with E-state index in [9.17, 15) is 9.59 Å². The fourth-order valence-corrected chi connectivity index (χ4v) is 2.44. The lowest BCUT2D eigenvalue weighted by atomic mass is 10.1. The zero-order chi connectivity index (χ0) is 16.7. The van der Waals surface area contributed by atoms with E-state index in [0.29, 0.717) is 30.1 Å². The molecule has 124 valence electrons. The molecule has 1 atom stereocenters. The maximum absolute atomic E-state index is 12.1. The van der Waals surface area contributed by atoms with Gasteiger partial charge in [-0.3, -0.25) is 20.4 Å². The summed E-state index contributed by atoms with van der Waals surface area (Å²) in [6, 6.07) is 4.86. The van der Waals surface area contributed by atoms with Crippen molar-refractivity contribution in [3.63, 3.8) is 0 Å². The number of carbonyl (C=O) groups excluding carboxylic acids is 2. The summed E-state index contributed by atoms with van der Waals surface area (Å²) in [7, 11) is 1.51. The fourth-order valence-electron chi connectivity index (χ4n) is 2.44. The molecule has 6 nitrogen and oxygen atoms in total. The third-order valence-electron chi connectivity index (χ3n) is 3.60. The molecule has 0 radical (unpaired) electrons. The minimum absolute atomic E-state index is 0.201. The smallest absolute Gasteiger partial charge is 0.269 e. The van der Waals surface area contributed by atoms with Crippen LogP contribution in [0.3, 0.4) is 0 Å². The summed E-state index contributed by atoms with van der Waals surface area (Å²) < 4.78 is 10.6. The van der Waals surface area contributed by atoms with E-state index in [2.05, 4.69) is 16.9 Å². The Bertz CT molecular complexity index is 598.